The van der Waals surface area contributed by atoms with Gasteiger partial charge in [-0.25, -0.2) is 0 Å². The van der Waals surface area contributed by atoms with Gasteiger partial charge < -0.3 is 9.47 Å². The van der Waals surface area contributed by atoms with E-state index in [4.69, 9.17) is 15.9 Å². The molecule has 0 spiro atoms. The van der Waals surface area contributed by atoms with Crippen molar-refractivity contribution in [2.24, 2.45) is 0 Å². The molecular formula is C13H21NO3. The van der Waals surface area contributed by atoms with E-state index in [9.17, 15) is 4.79 Å². The van der Waals surface area contributed by atoms with Gasteiger partial charge in [-0.15, -0.1) is 6.42 Å². The molecule has 0 radical (unpaired) electrons. The molecule has 1 fully saturated rings. The molecule has 0 aromatic rings. The minimum absolute atomic E-state index is 0.0958. The zero-order valence-electron chi connectivity index (χ0n) is 10.6. The Bertz CT molecular complexity index is 298. The van der Waals surface area contributed by atoms with Crippen LogP contribution in [0.1, 0.15) is 32.6 Å². The van der Waals surface area contributed by atoms with Crippen molar-refractivity contribution in [1.82, 2.24) is 5.32 Å². The Kier molecular flexibility index (Phi) is 5.46. The summed E-state index contributed by atoms with van der Waals surface area (Å²) in [6.07, 6.45) is 8.65. The predicted molar refractivity (Wildman–Crippen MR) is 65.5 cm³/mol. The fourth-order valence-electron chi connectivity index (χ4n) is 2.33. The summed E-state index contributed by atoms with van der Waals surface area (Å²) in [7, 11) is 1.67. The summed E-state index contributed by atoms with van der Waals surface area (Å²) in [6.45, 7) is 2.56. The minimum atomic E-state index is -0.665. The van der Waals surface area contributed by atoms with Gasteiger partial charge in [-0.3, -0.25) is 10.1 Å². The number of nitrogens with one attached hydrogen (secondary N) is 1. The highest BCUT2D eigenvalue weighted by Gasteiger charge is 2.43. The predicted octanol–water partition coefficient (Wildman–Crippen LogP) is 1.10. The Morgan fingerprint density at radius 3 is 3.00 bits per heavy atom. The third-order valence-corrected chi connectivity index (χ3v) is 3.23. The van der Waals surface area contributed by atoms with Gasteiger partial charge in [-0.2, -0.15) is 0 Å². The zero-order chi connectivity index (χ0) is 12.7. The van der Waals surface area contributed by atoms with E-state index in [0.29, 0.717) is 19.6 Å². The summed E-state index contributed by atoms with van der Waals surface area (Å²) in [4.78, 5) is 12.1. The zero-order valence-corrected chi connectivity index (χ0v) is 10.6. The number of methoxy groups -OCH3 is 1. The lowest BCUT2D eigenvalue weighted by Gasteiger charge is -2.38. The molecule has 1 aliphatic rings. The first-order chi connectivity index (χ1) is 8.18. The molecular weight excluding hydrogens is 218 g/mol. The number of esters is 1. The van der Waals surface area contributed by atoms with Crippen LogP contribution in [0.2, 0.25) is 0 Å². The maximum absolute atomic E-state index is 12.1. The van der Waals surface area contributed by atoms with Gasteiger partial charge >= 0.3 is 5.97 Å². The third kappa shape index (κ3) is 3.45. The molecule has 1 aliphatic carbocycles. The standard InChI is InChI=1S/C13H21NO3/c1-4-9-14-13(12(15)17-5-2)8-6-7-11(10-13)16-3/h1,11,14H,5-10H2,2-3H3. The molecule has 96 valence electrons. The van der Waals surface area contributed by atoms with Crippen LogP contribution in [0.3, 0.4) is 0 Å². The maximum atomic E-state index is 12.1. The quantitative estimate of drug-likeness (QED) is 0.576. The van der Waals surface area contributed by atoms with Gasteiger partial charge in [0, 0.05) is 13.5 Å². The summed E-state index contributed by atoms with van der Waals surface area (Å²) in [5.41, 5.74) is -0.665. The third-order valence-electron chi connectivity index (χ3n) is 3.23. The molecule has 17 heavy (non-hydrogen) atoms. The van der Waals surface area contributed by atoms with Gasteiger partial charge in [0.05, 0.1) is 19.3 Å². The summed E-state index contributed by atoms with van der Waals surface area (Å²) in [6, 6.07) is 0. The highest BCUT2D eigenvalue weighted by molar-refractivity contribution is 5.81. The van der Waals surface area contributed by atoms with E-state index in [1.807, 2.05) is 6.92 Å². The van der Waals surface area contributed by atoms with Crippen molar-refractivity contribution in [2.75, 3.05) is 20.3 Å². The lowest BCUT2D eigenvalue weighted by molar-refractivity contribution is -0.155. The first-order valence-electron chi connectivity index (χ1n) is 6.07. The van der Waals surface area contributed by atoms with Crippen LogP contribution in [0.4, 0.5) is 0 Å². The van der Waals surface area contributed by atoms with Crippen molar-refractivity contribution >= 4 is 5.97 Å². The summed E-state index contributed by atoms with van der Waals surface area (Å²) in [5, 5.41) is 3.14. The van der Waals surface area contributed by atoms with E-state index in [1.165, 1.54) is 0 Å². The van der Waals surface area contributed by atoms with Crippen molar-refractivity contribution in [3.63, 3.8) is 0 Å². The lowest BCUT2D eigenvalue weighted by Crippen LogP contribution is -2.57. The molecule has 1 rings (SSSR count). The number of hydrogen-bond acceptors (Lipinski definition) is 4. The molecule has 1 saturated carbocycles. The molecule has 0 amide bonds. The van der Waals surface area contributed by atoms with E-state index in [2.05, 4.69) is 11.2 Å². The molecule has 1 N–H and O–H groups in total. The molecule has 4 heteroatoms. The normalized spacial score (nSPS) is 28.4. The molecule has 0 heterocycles. The fraction of sp³-hybridized carbons (Fsp3) is 0.769. The van der Waals surface area contributed by atoms with Crippen LogP contribution in [0.15, 0.2) is 0 Å². The molecule has 0 aromatic heterocycles. The van der Waals surface area contributed by atoms with Crippen LogP contribution in [-0.4, -0.2) is 37.9 Å². The number of carbonyl (C=O) groups excluding carboxylic acids is 1. The van der Waals surface area contributed by atoms with Gasteiger partial charge in [0.1, 0.15) is 5.54 Å². The van der Waals surface area contributed by atoms with E-state index in [-0.39, 0.29) is 12.1 Å². The molecule has 0 bridgehead atoms. The van der Waals surface area contributed by atoms with Crippen LogP contribution >= 0.6 is 0 Å². The number of carbonyl (C=O) groups is 1. The van der Waals surface area contributed by atoms with Crippen molar-refractivity contribution < 1.29 is 14.3 Å². The number of terminal acetylenes is 1. The van der Waals surface area contributed by atoms with Crippen LogP contribution in [0, 0.1) is 12.3 Å². The van der Waals surface area contributed by atoms with Gasteiger partial charge in [0.25, 0.3) is 0 Å². The van der Waals surface area contributed by atoms with Crippen molar-refractivity contribution in [3.05, 3.63) is 0 Å². The van der Waals surface area contributed by atoms with E-state index < -0.39 is 5.54 Å². The average molecular weight is 239 g/mol. The molecule has 0 saturated heterocycles. The first-order valence-corrected chi connectivity index (χ1v) is 6.07. The highest BCUT2D eigenvalue weighted by Crippen LogP contribution is 2.31. The highest BCUT2D eigenvalue weighted by atomic mass is 16.5. The second kappa shape index (κ2) is 6.63. The number of hydrogen-bond donors (Lipinski definition) is 1. The van der Waals surface area contributed by atoms with E-state index in [1.54, 1.807) is 7.11 Å². The monoisotopic (exact) mass is 239 g/mol. The fourth-order valence-corrected chi connectivity index (χ4v) is 2.33. The number of rotatable bonds is 5. The van der Waals surface area contributed by atoms with Gasteiger partial charge in [-0.05, 0) is 26.2 Å². The van der Waals surface area contributed by atoms with Crippen LogP contribution in [0.25, 0.3) is 0 Å². The van der Waals surface area contributed by atoms with Gasteiger partial charge in [-0.1, -0.05) is 5.92 Å². The Hall–Kier alpha value is -1.05. The average Bonchev–Trinajstić information content (AvgIpc) is 2.37. The van der Waals surface area contributed by atoms with Crippen LogP contribution in [0.5, 0.6) is 0 Å². The smallest absolute Gasteiger partial charge is 0.326 e. The largest absolute Gasteiger partial charge is 0.465 e. The van der Waals surface area contributed by atoms with Crippen molar-refractivity contribution in [3.8, 4) is 12.3 Å². The van der Waals surface area contributed by atoms with E-state index in [0.717, 1.165) is 19.3 Å². The van der Waals surface area contributed by atoms with Gasteiger partial charge in [0.15, 0.2) is 0 Å². The summed E-state index contributed by atoms with van der Waals surface area (Å²) >= 11 is 0. The Morgan fingerprint density at radius 1 is 1.65 bits per heavy atom. The van der Waals surface area contributed by atoms with Crippen molar-refractivity contribution in [1.29, 1.82) is 0 Å². The Morgan fingerprint density at radius 2 is 2.41 bits per heavy atom. The van der Waals surface area contributed by atoms with Crippen LogP contribution in [-0.2, 0) is 14.3 Å². The Balaban J connectivity index is 2.77. The van der Waals surface area contributed by atoms with Crippen molar-refractivity contribution in [2.45, 2.75) is 44.2 Å². The number of ether oxygens (including phenoxy) is 2. The minimum Gasteiger partial charge on any atom is -0.465 e. The van der Waals surface area contributed by atoms with E-state index >= 15 is 0 Å². The first kappa shape index (κ1) is 14.0. The molecule has 0 aromatic carbocycles. The maximum Gasteiger partial charge on any atom is 0.326 e. The van der Waals surface area contributed by atoms with Crippen LogP contribution < -0.4 is 5.32 Å². The lowest BCUT2D eigenvalue weighted by atomic mass is 9.80. The summed E-state index contributed by atoms with van der Waals surface area (Å²) in [5.74, 6) is 2.30. The SMILES string of the molecule is C#CCNC1(C(=O)OCC)CCCC(OC)C1. The summed E-state index contributed by atoms with van der Waals surface area (Å²) < 4.78 is 10.5. The molecule has 4 nitrogen and oxygen atoms in total. The topological polar surface area (TPSA) is 47.6 Å². The second-order valence-electron chi connectivity index (χ2n) is 4.31. The van der Waals surface area contributed by atoms with Gasteiger partial charge in [0.2, 0.25) is 0 Å². The second-order valence-corrected chi connectivity index (χ2v) is 4.31. The molecule has 2 atom stereocenters. The molecule has 2 unspecified atom stereocenters. The Labute approximate surface area is 103 Å². The molecule has 0 aliphatic heterocycles.